The summed E-state index contributed by atoms with van der Waals surface area (Å²) < 4.78 is 12.8. The number of nitrogen functional groups attached to an aromatic ring is 1. The molecule has 1 aromatic heterocycles. The summed E-state index contributed by atoms with van der Waals surface area (Å²) in [5, 5.41) is 21.4. The molecule has 6 nitrogen and oxygen atoms in total. The first-order chi connectivity index (χ1) is 12.5. The fourth-order valence-electron chi connectivity index (χ4n) is 2.26. The van der Waals surface area contributed by atoms with Crippen LogP contribution in [0.15, 0.2) is 29.3 Å². The molecule has 0 bridgehead atoms. The van der Waals surface area contributed by atoms with Gasteiger partial charge in [-0.3, -0.25) is 4.79 Å². The van der Waals surface area contributed by atoms with Gasteiger partial charge in [0.05, 0.1) is 16.9 Å². The van der Waals surface area contributed by atoms with E-state index in [0.29, 0.717) is 23.6 Å². The highest BCUT2D eigenvalue weighted by atomic mass is 32.2. The maximum Gasteiger partial charge on any atom is 0.230 e. The SMILES string of the molecule is Cc1c(C#N)c(N)nc(SCC(=O)NCCc2ccc(F)cc2)c1C#N. The predicted octanol–water partition coefficient (Wildman–Crippen LogP) is 2.31. The van der Waals surface area contributed by atoms with Crippen LogP contribution in [0.5, 0.6) is 0 Å². The third-order valence-electron chi connectivity index (χ3n) is 3.65. The highest BCUT2D eigenvalue weighted by molar-refractivity contribution is 8.00. The molecule has 0 atom stereocenters. The molecule has 0 aliphatic rings. The van der Waals surface area contributed by atoms with E-state index < -0.39 is 0 Å². The van der Waals surface area contributed by atoms with Gasteiger partial charge in [0.25, 0.3) is 0 Å². The van der Waals surface area contributed by atoms with Crippen molar-refractivity contribution in [2.45, 2.75) is 18.4 Å². The van der Waals surface area contributed by atoms with E-state index in [-0.39, 0.29) is 34.4 Å². The number of anilines is 1. The minimum atomic E-state index is -0.299. The lowest BCUT2D eigenvalue weighted by atomic mass is 10.1. The normalized spacial score (nSPS) is 10.0. The second kappa shape index (κ2) is 8.84. The minimum Gasteiger partial charge on any atom is -0.383 e. The van der Waals surface area contributed by atoms with Crippen LogP contribution in [0.25, 0.3) is 0 Å². The topological polar surface area (TPSA) is 116 Å². The molecule has 1 amide bonds. The van der Waals surface area contributed by atoms with Crippen molar-refractivity contribution < 1.29 is 9.18 Å². The molecule has 0 saturated heterocycles. The molecule has 3 N–H and O–H groups in total. The lowest BCUT2D eigenvalue weighted by molar-refractivity contribution is -0.118. The number of rotatable bonds is 6. The van der Waals surface area contributed by atoms with E-state index in [0.717, 1.165) is 17.3 Å². The highest BCUT2D eigenvalue weighted by Crippen LogP contribution is 2.27. The van der Waals surface area contributed by atoms with Gasteiger partial charge in [-0.15, -0.1) is 0 Å². The summed E-state index contributed by atoms with van der Waals surface area (Å²) >= 11 is 1.09. The number of pyridine rings is 1. The van der Waals surface area contributed by atoms with Crippen LogP contribution in [-0.2, 0) is 11.2 Å². The quantitative estimate of drug-likeness (QED) is 0.755. The molecule has 0 unspecified atom stereocenters. The summed E-state index contributed by atoms with van der Waals surface area (Å²) in [5.74, 6) is -0.408. The van der Waals surface area contributed by atoms with Crippen LogP contribution in [0, 0.1) is 35.4 Å². The lowest BCUT2D eigenvalue weighted by Crippen LogP contribution is -2.27. The average Bonchev–Trinajstić information content (AvgIpc) is 2.62. The standard InChI is InChI=1S/C18H16FN5OS/c1-11-14(8-20)17(22)24-18(15(11)9-21)26-10-16(25)23-7-6-12-2-4-13(19)5-3-12/h2-5H,6-7,10H2,1H3,(H2,22,24)(H,23,25). The number of nitrogens with two attached hydrogens (primary N) is 1. The first kappa shape index (κ1) is 19.2. The number of nitrogens with zero attached hydrogens (tertiary/aromatic N) is 3. The van der Waals surface area contributed by atoms with Gasteiger partial charge in [-0.25, -0.2) is 9.37 Å². The van der Waals surface area contributed by atoms with E-state index in [2.05, 4.69) is 10.3 Å². The number of amides is 1. The Bertz CT molecular complexity index is 900. The predicted molar refractivity (Wildman–Crippen MR) is 96.7 cm³/mol. The smallest absolute Gasteiger partial charge is 0.230 e. The highest BCUT2D eigenvalue weighted by Gasteiger charge is 2.16. The van der Waals surface area contributed by atoms with Crippen molar-refractivity contribution in [3.63, 3.8) is 0 Å². The third-order valence-corrected chi connectivity index (χ3v) is 4.63. The fraction of sp³-hybridized carbons (Fsp3) is 0.222. The number of hydrogen-bond acceptors (Lipinski definition) is 6. The second-order valence-electron chi connectivity index (χ2n) is 5.42. The summed E-state index contributed by atoms with van der Waals surface area (Å²) in [6.07, 6.45) is 0.585. The van der Waals surface area contributed by atoms with Crippen LogP contribution < -0.4 is 11.1 Å². The summed E-state index contributed by atoms with van der Waals surface area (Å²) in [4.78, 5) is 16.0. The summed E-state index contributed by atoms with van der Waals surface area (Å²) in [6, 6.07) is 10.0. The number of halogens is 1. The van der Waals surface area contributed by atoms with Gasteiger partial charge >= 0.3 is 0 Å². The van der Waals surface area contributed by atoms with Crippen molar-refractivity contribution in [1.29, 1.82) is 10.5 Å². The average molecular weight is 369 g/mol. The van der Waals surface area contributed by atoms with Crippen LogP contribution in [0.2, 0.25) is 0 Å². The first-order valence-corrected chi connectivity index (χ1v) is 8.69. The Morgan fingerprint density at radius 2 is 1.92 bits per heavy atom. The van der Waals surface area contributed by atoms with Gasteiger partial charge in [0.15, 0.2) is 0 Å². The maximum absolute atomic E-state index is 12.8. The number of nitriles is 2. The Hall–Kier alpha value is -3.10. The number of aromatic nitrogens is 1. The molecule has 2 rings (SSSR count). The van der Waals surface area contributed by atoms with Crippen molar-refractivity contribution in [3.05, 3.63) is 52.3 Å². The van der Waals surface area contributed by atoms with E-state index in [9.17, 15) is 14.4 Å². The summed E-state index contributed by atoms with van der Waals surface area (Å²) in [7, 11) is 0. The summed E-state index contributed by atoms with van der Waals surface area (Å²) in [5.41, 5.74) is 7.54. The zero-order chi connectivity index (χ0) is 19.1. The Morgan fingerprint density at radius 1 is 1.27 bits per heavy atom. The minimum absolute atomic E-state index is 0.0446. The van der Waals surface area contributed by atoms with Gasteiger partial charge in [0, 0.05) is 6.54 Å². The van der Waals surface area contributed by atoms with Gasteiger partial charge < -0.3 is 11.1 Å². The maximum atomic E-state index is 12.8. The van der Waals surface area contributed by atoms with Crippen LogP contribution in [0.3, 0.4) is 0 Å². The molecule has 0 saturated carbocycles. The van der Waals surface area contributed by atoms with Gasteiger partial charge in [0.1, 0.15) is 28.8 Å². The molecule has 0 spiro atoms. The van der Waals surface area contributed by atoms with E-state index >= 15 is 0 Å². The van der Waals surface area contributed by atoms with Crippen molar-refractivity contribution >= 4 is 23.5 Å². The van der Waals surface area contributed by atoms with Gasteiger partial charge in [0.2, 0.25) is 5.91 Å². The number of benzene rings is 1. The van der Waals surface area contributed by atoms with Crippen LogP contribution >= 0.6 is 11.8 Å². The molecule has 8 heteroatoms. The zero-order valence-electron chi connectivity index (χ0n) is 14.0. The van der Waals surface area contributed by atoms with E-state index in [1.54, 1.807) is 19.1 Å². The molecular weight excluding hydrogens is 353 g/mol. The van der Waals surface area contributed by atoms with E-state index in [1.807, 2.05) is 12.1 Å². The van der Waals surface area contributed by atoms with Crippen molar-refractivity contribution in [1.82, 2.24) is 10.3 Å². The lowest BCUT2D eigenvalue weighted by Gasteiger charge is -2.09. The fourth-order valence-corrected chi connectivity index (χ4v) is 3.13. The third kappa shape index (κ3) is 4.71. The first-order valence-electron chi connectivity index (χ1n) is 7.70. The second-order valence-corrected chi connectivity index (χ2v) is 6.38. The summed E-state index contributed by atoms with van der Waals surface area (Å²) in [6.45, 7) is 2.04. The molecule has 0 fully saturated rings. The van der Waals surface area contributed by atoms with Crippen molar-refractivity contribution in [3.8, 4) is 12.1 Å². The molecule has 1 heterocycles. The van der Waals surface area contributed by atoms with E-state index in [4.69, 9.17) is 11.0 Å². The number of nitrogens with one attached hydrogen (secondary N) is 1. The number of carbonyl (C=O) groups is 1. The molecule has 26 heavy (non-hydrogen) atoms. The molecule has 1 aromatic carbocycles. The number of hydrogen-bond donors (Lipinski definition) is 2. The van der Waals surface area contributed by atoms with Gasteiger partial charge in [-0.2, -0.15) is 10.5 Å². The number of carbonyl (C=O) groups excluding carboxylic acids is 1. The molecule has 132 valence electrons. The van der Waals surface area contributed by atoms with Crippen LogP contribution in [-0.4, -0.2) is 23.2 Å². The van der Waals surface area contributed by atoms with Crippen LogP contribution in [0.1, 0.15) is 22.3 Å². The zero-order valence-corrected chi connectivity index (χ0v) is 14.9. The Balaban J connectivity index is 1.92. The van der Waals surface area contributed by atoms with Crippen molar-refractivity contribution in [2.24, 2.45) is 0 Å². The molecule has 0 radical (unpaired) electrons. The molecule has 2 aromatic rings. The molecular formula is C18H16FN5OS. The van der Waals surface area contributed by atoms with Gasteiger partial charge in [-0.1, -0.05) is 23.9 Å². The van der Waals surface area contributed by atoms with E-state index in [1.165, 1.54) is 12.1 Å². The largest absolute Gasteiger partial charge is 0.383 e. The Labute approximate surface area is 154 Å². The number of thioether (sulfide) groups is 1. The monoisotopic (exact) mass is 369 g/mol. The molecule has 0 aliphatic heterocycles. The van der Waals surface area contributed by atoms with Crippen LogP contribution in [0.4, 0.5) is 10.2 Å². The molecule has 0 aliphatic carbocycles. The Kier molecular flexibility index (Phi) is 6.54. The van der Waals surface area contributed by atoms with Crippen molar-refractivity contribution in [2.75, 3.05) is 18.0 Å². The van der Waals surface area contributed by atoms with Gasteiger partial charge in [-0.05, 0) is 36.6 Å². The Morgan fingerprint density at radius 3 is 2.54 bits per heavy atom.